The van der Waals surface area contributed by atoms with E-state index in [4.69, 9.17) is 0 Å². The van der Waals surface area contributed by atoms with E-state index in [0.29, 0.717) is 5.56 Å². The number of nitrogens with zero attached hydrogens (tertiary/aromatic N) is 1. The number of allylic oxidation sites excluding steroid dienone is 1. The van der Waals surface area contributed by atoms with Gasteiger partial charge in [0.2, 0.25) is 11.6 Å². The van der Waals surface area contributed by atoms with Crippen molar-refractivity contribution < 1.29 is 20.4 Å². The first-order valence-electron chi connectivity index (χ1n) is 5.69. The second kappa shape index (κ2) is 4.74. The molecule has 1 aliphatic rings. The molecular weight excluding hydrogens is 248 g/mol. The highest BCUT2D eigenvalue weighted by atomic mass is 16.5. The molecule has 1 fully saturated rings. The van der Waals surface area contributed by atoms with Crippen molar-refractivity contribution in [2.75, 3.05) is 13.1 Å². The molecule has 0 unspecified atom stereocenters. The predicted molar refractivity (Wildman–Crippen MR) is 66.2 cm³/mol. The molecule has 0 bridgehead atoms. The fourth-order valence-corrected chi connectivity index (χ4v) is 2.18. The molecule has 0 aromatic heterocycles. The van der Waals surface area contributed by atoms with Crippen molar-refractivity contribution in [3.05, 3.63) is 41.5 Å². The van der Waals surface area contributed by atoms with Gasteiger partial charge in [-0.1, -0.05) is 30.3 Å². The second-order valence-electron chi connectivity index (χ2n) is 4.46. The maximum absolute atomic E-state index is 9.90. The Morgan fingerprint density at radius 3 is 2.05 bits per heavy atom. The molecule has 1 heterocycles. The minimum atomic E-state index is -2.50. The van der Waals surface area contributed by atoms with Crippen molar-refractivity contribution in [1.29, 1.82) is 5.26 Å². The van der Waals surface area contributed by atoms with Crippen molar-refractivity contribution in [2.45, 2.75) is 11.6 Å². The van der Waals surface area contributed by atoms with Crippen LogP contribution in [0.2, 0.25) is 0 Å². The lowest BCUT2D eigenvalue weighted by Gasteiger charge is -2.39. The average Bonchev–Trinajstić information content (AvgIpc) is 2.34. The smallest absolute Gasteiger partial charge is 0.205 e. The lowest BCUT2D eigenvalue weighted by atomic mass is 9.86. The van der Waals surface area contributed by atoms with Gasteiger partial charge < -0.3 is 25.7 Å². The number of hydrogen-bond donors (Lipinski definition) is 5. The van der Waals surface area contributed by atoms with E-state index in [1.807, 2.05) is 6.07 Å². The van der Waals surface area contributed by atoms with Crippen molar-refractivity contribution in [1.82, 2.24) is 5.32 Å². The maximum Gasteiger partial charge on any atom is 0.205 e. The highest BCUT2D eigenvalue weighted by molar-refractivity contribution is 5.81. The Bertz CT molecular complexity index is 526. The lowest BCUT2D eigenvalue weighted by molar-refractivity contribution is -0.214. The first-order valence-corrected chi connectivity index (χ1v) is 5.69. The molecule has 5 N–H and O–H groups in total. The number of nitriles is 1. The zero-order valence-corrected chi connectivity index (χ0v) is 10.0. The molecule has 19 heavy (non-hydrogen) atoms. The predicted octanol–water partition coefficient (Wildman–Crippen LogP) is -1.07. The number of benzene rings is 1. The third-order valence-corrected chi connectivity index (χ3v) is 2.97. The average molecular weight is 262 g/mol. The highest BCUT2D eigenvalue weighted by Gasteiger charge is 2.48. The lowest BCUT2D eigenvalue weighted by Crippen LogP contribution is -2.60. The van der Waals surface area contributed by atoms with Crippen LogP contribution in [0.3, 0.4) is 0 Å². The zero-order valence-electron chi connectivity index (χ0n) is 10.0. The van der Waals surface area contributed by atoms with Gasteiger partial charge in [0.05, 0.1) is 24.2 Å². The second-order valence-corrected chi connectivity index (χ2v) is 4.46. The van der Waals surface area contributed by atoms with Crippen LogP contribution in [-0.4, -0.2) is 45.1 Å². The van der Waals surface area contributed by atoms with Crippen LogP contribution < -0.4 is 5.32 Å². The summed E-state index contributed by atoms with van der Waals surface area (Å²) >= 11 is 0. The van der Waals surface area contributed by atoms with Crippen molar-refractivity contribution >= 4 is 5.57 Å². The summed E-state index contributed by atoms with van der Waals surface area (Å²) in [6.07, 6.45) is 0. The Kier molecular flexibility index (Phi) is 3.41. The van der Waals surface area contributed by atoms with Gasteiger partial charge in [0, 0.05) is 0 Å². The van der Waals surface area contributed by atoms with E-state index in [1.165, 1.54) is 0 Å². The summed E-state index contributed by atoms with van der Waals surface area (Å²) in [5, 5.41) is 51.3. The van der Waals surface area contributed by atoms with E-state index < -0.39 is 17.1 Å². The Morgan fingerprint density at radius 1 is 1.05 bits per heavy atom. The van der Waals surface area contributed by atoms with Crippen molar-refractivity contribution in [3.63, 3.8) is 0 Å². The molecule has 0 atom stereocenters. The molecule has 0 radical (unpaired) electrons. The van der Waals surface area contributed by atoms with Gasteiger partial charge in [-0.2, -0.15) is 5.26 Å². The van der Waals surface area contributed by atoms with E-state index in [9.17, 15) is 25.7 Å². The largest absolute Gasteiger partial charge is 0.361 e. The summed E-state index contributed by atoms with van der Waals surface area (Å²) < 4.78 is 0. The van der Waals surface area contributed by atoms with Crippen molar-refractivity contribution in [3.8, 4) is 6.07 Å². The van der Waals surface area contributed by atoms with Gasteiger partial charge in [-0.15, -0.1) is 0 Å². The standard InChI is InChI=1S/C13H14N2O4/c14-6-10(9-4-2-1-3-5-9)11-12(16,17)7-15-8-13(11,18)19/h1-5,15-19H,7-8H2. The van der Waals surface area contributed by atoms with Crippen LogP contribution in [0.4, 0.5) is 0 Å². The van der Waals surface area contributed by atoms with Crippen LogP contribution in [0.1, 0.15) is 5.56 Å². The molecule has 1 saturated heterocycles. The normalized spacial score (nSPS) is 20.7. The first kappa shape index (κ1) is 13.7. The van der Waals surface area contributed by atoms with Gasteiger partial charge >= 0.3 is 0 Å². The molecular formula is C13H14N2O4. The fourth-order valence-electron chi connectivity index (χ4n) is 2.18. The molecule has 0 aliphatic carbocycles. The van der Waals surface area contributed by atoms with E-state index in [-0.39, 0.29) is 18.7 Å². The van der Waals surface area contributed by atoms with Gasteiger partial charge in [0.1, 0.15) is 6.07 Å². The number of β-amino-alcohol motifs (C(OH)–C–C–N with tert-alkyl or cyclic N) is 4. The molecule has 0 amide bonds. The van der Waals surface area contributed by atoms with Gasteiger partial charge in [-0.25, -0.2) is 0 Å². The maximum atomic E-state index is 9.90. The van der Waals surface area contributed by atoms with Crippen LogP contribution in [0.15, 0.2) is 35.9 Å². The van der Waals surface area contributed by atoms with Crippen LogP contribution in [0.5, 0.6) is 0 Å². The summed E-state index contributed by atoms with van der Waals surface area (Å²) in [6, 6.07) is 10.1. The Hall–Kier alpha value is -1.75. The summed E-state index contributed by atoms with van der Waals surface area (Å²) in [5.74, 6) is -4.99. The summed E-state index contributed by atoms with van der Waals surface area (Å²) in [7, 11) is 0. The molecule has 0 saturated carbocycles. The van der Waals surface area contributed by atoms with Gasteiger partial charge in [0.25, 0.3) is 0 Å². The van der Waals surface area contributed by atoms with Gasteiger partial charge in [-0.05, 0) is 5.56 Å². The number of piperidine rings is 1. The van der Waals surface area contributed by atoms with Crippen LogP contribution in [0, 0.1) is 11.3 Å². The molecule has 0 spiro atoms. The number of rotatable bonds is 1. The minimum Gasteiger partial charge on any atom is -0.361 e. The molecule has 1 aromatic rings. The fraction of sp³-hybridized carbons (Fsp3) is 0.308. The van der Waals surface area contributed by atoms with Crippen LogP contribution >= 0.6 is 0 Å². The quantitative estimate of drug-likeness (QED) is 0.325. The van der Waals surface area contributed by atoms with Gasteiger partial charge in [0.15, 0.2) is 0 Å². The Morgan fingerprint density at radius 2 is 1.58 bits per heavy atom. The third kappa shape index (κ3) is 2.51. The van der Waals surface area contributed by atoms with Crippen LogP contribution in [-0.2, 0) is 0 Å². The third-order valence-electron chi connectivity index (χ3n) is 2.97. The summed E-state index contributed by atoms with van der Waals surface area (Å²) in [6.45, 7) is -0.577. The molecule has 6 nitrogen and oxygen atoms in total. The van der Waals surface area contributed by atoms with Crippen LogP contribution in [0.25, 0.3) is 5.57 Å². The Balaban J connectivity index is 2.67. The SMILES string of the molecule is N#CC(=C1C(O)(O)CNCC1(O)O)c1ccccc1. The number of aliphatic hydroxyl groups is 4. The molecule has 1 aromatic carbocycles. The summed E-state index contributed by atoms with van der Waals surface area (Å²) in [4.78, 5) is 0. The van der Waals surface area contributed by atoms with E-state index >= 15 is 0 Å². The molecule has 6 heteroatoms. The first-order chi connectivity index (χ1) is 8.88. The number of nitrogens with one attached hydrogen (secondary N) is 1. The molecule has 100 valence electrons. The minimum absolute atomic E-state index is 0.155. The highest BCUT2D eigenvalue weighted by Crippen LogP contribution is 2.34. The molecule has 1 aliphatic heterocycles. The number of hydrogen-bond acceptors (Lipinski definition) is 6. The Labute approximate surface area is 109 Å². The topological polar surface area (TPSA) is 117 Å². The summed E-state index contributed by atoms with van der Waals surface area (Å²) in [5.41, 5.74) is -0.272. The van der Waals surface area contributed by atoms with Crippen molar-refractivity contribution in [2.24, 2.45) is 0 Å². The molecule has 2 rings (SSSR count). The van der Waals surface area contributed by atoms with E-state index in [1.54, 1.807) is 30.3 Å². The zero-order chi connectivity index (χ0) is 14.1. The van der Waals surface area contributed by atoms with E-state index in [0.717, 1.165) is 0 Å². The van der Waals surface area contributed by atoms with E-state index in [2.05, 4.69) is 5.32 Å². The van der Waals surface area contributed by atoms with Gasteiger partial charge in [-0.3, -0.25) is 0 Å². The monoisotopic (exact) mass is 262 g/mol.